The number of rotatable bonds is 0. The van der Waals surface area contributed by atoms with Crippen LogP contribution < -0.4 is 11.5 Å². The molecule has 0 aromatic rings. The number of nitrogens with two attached hydrogens (primary N) is 2. The van der Waals surface area contributed by atoms with Crippen molar-refractivity contribution in [3.8, 4) is 0 Å². The number of hydrogen-bond acceptors (Lipinski definition) is 6. The molecule has 6 N–H and O–H groups in total. The van der Waals surface area contributed by atoms with Gasteiger partial charge in [-0.25, -0.2) is 4.99 Å². The van der Waals surface area contributed by atoms with Gasteiger partial charge in [0, 0.05) is 21.7 Å². The van der Waals surface area contributed by atoms with Crippen molar-refractivity contribution in [2.45, 2.75) is 55.4 Å². The topological polar surface area (TPSA) is 137 Å². The Hall–Kier alpha value is -2.05. The van der Waals surface area contributed by atoms with Crippen LogP contribution in [0.5, 0.6) is 0 Å². The van der Waals surface area contributed by atoms with Crippen molar-refractivity contribution in [3.63, 3.8) is 0 Å². The summed E-state index contributed by atoms with van der Waals surface area (Å²) in [7, 11) is 0. The molecule has 1 aliphatic rings. The molecular weight excluding hydrogens is 302 g/mol. The van der Waals surface area contributed by atoms with Gasteiger partial charge in [-0.1, -0.05) is 55.4 Å². The van der Waals surface area contributed by atoms with E-state index in [1.807, 2.05) is 55.4 Å². The molecule has 1 aliphatic heterocycles. The highest BCUT2D eigenvalue weighted by atomic mass is 15.3. The summed E-state index contributed by atoms with van der Waals surface area (Å²) in [6, 6.07) is 0. The lowest BCUT2D eigenvalue weighted by atomic mass is 9.64. The molecule has 0 fully saturated rings. The zero-order valence-electron chi connectivity index (χ0n) is 16.1. The van der Waals surface area contributed by atoms with Crippen LogP contribution in [0.15, 0.2) is 15.2 Å². The molecule has 0 saturated carbocycles. The van der Waals surface area contributed by atoms with E-state index < -0.39 is 21.7 Å². The van der Waals surface area contributed by atoms with E-state index in [1.165, 1.54) is 6.21 Å². The SMILES string of the molecule is CC1(C)C(=N)C=NC(=N)C(C)(C)C(C)(C)/C(N)=N/N=C(\N)C1(C)C. The number of nitrogens with zero attached hydrogens (tertiary/aromatic N) is 3. The van der Waals surface area contributed by atoms with E-state index >= 15 is 0 Å². The Kier molecular flexibility index (Phi) is 4.82. The van der Waals surface area contributed by atoms with E-state index in [0.29, 0.717) is 11.7 Å². The minimum atomic E-state index is -0.694. The van der Waals surface area contributed by atoms with E-state index in [0.717, 1.165) is 0 Å². The fourth-order valence-corrected chi connectivity index (χ4v) is 2.08. The first-order chi connectivity index (χ1) is 10.6. The third kappa shape index (κ3) is 2.87. The van der Waals surface area contributed by atoms with Crippen molar-refractivity contribution >= 4 is 29.4 Å². The maximum Gasteiger partial charge on any atom is 0.129 e. The Morgan fingerprint density at radius 1 is 0.708 bits per heavy atom. The summed E-state index contributed by atoms with van der Waals surface area (Å²) in [4.78, 5) is 4.25. The zero-order chi connectivity index (χ0) is 19.1. The molecule has 134 valence electrons. The Balaban J connectivity index is 3.70. The lowest BCUT2D eigenvalue weighted by Crippen LogP contribution is -2.50. The summed E-state index contributed by atoms with van der Waals surface area (Å²) in [5, 5.41) is 25.1. The second-order valence-corrected chi connectivity index (χ2v) is 8.49. The van der Waals surface area contributed by atoms with Gasteiger partial charge in [0.1, 0.15) is 17.5 Å². The highest BCUT2D eigenvalue weighted by molar-refractivity contribution is 6.34. The molecule has 1 rings (SSSR count). The maximum atomic E-state index is 8.41. The molecule has 0 aromatic carbocycles. The third-order valence-electron chi connectivity index (χ3n) is 6.26. The van der Waals surface area contributed by atoms with Gasteiger partial charge < -0.3 is 16.9 Å². The number of nitrogens with one attached hydrogen (secondary N) is 2. The van der Waals surface area contributed by atoms with Crippen molar-refractivity contribution in [3.05, 3.63) is 0 Å². The van der Waals surface area contributed by atoms with Crippen LogP contribution in [0.3, 0.4) is 0 Å². The molecular formula is C17H31N7. The van der Waals surface area contributed by atoms with Crippen LogP contribution in [0.25, 0.3) is 0 Å². The maximum absolute atomic E-state index is 8.41. The van der Waals surface area contributed by atoms with Crippen molar-refractivity contribution in [1.82, 2.24) is 0 Å². The van der Waals surface area contributed by atoms with Gasteiger partial charge in [-0.3, -0.25) is 5.41 Å². The molecule has 7 heteroatoms. The van der Waals surface area contributed by atoms with Crippen LogP contribution in [0.1, 0.15) is 55.4 Å². The van der Waals surface area contributed by atoms with Crippen LogP contribution in [0, 0.1) is 32.5 Å². The highest BCUT2D eigenvalue weighted by Gasteiger charge is 2.46. The summed E-state index contributed by atoms with van der Waals surface area (Å²) in [5.74, 6) is 0.735. The third-order valence-corrected chi connectivity index (χ3v) is 6.26. The zero-order valence-corrected chi connectivity index (χ0v) is 16.1. The molecule has 0 bridgehead atoms. The Morgan fingerprint density at radius 3 is 1.50 bits per heavy atom. The van der Waals surface area contributed by atoms with Gasteiger partial charge >= 0.3 is 0 Å². The first kappa shape index (κ1) is 20.0. The quantitative estimate of drug-likeness (QED) is 0.542. The molecule has 0 saturated heterocycles. The van der Waals surface area contributed by atoms with Crippen LogP contribution in [-0.4, -0.2) is 29.4 Å². The van der Waals surface area contributed by atoms with Gasteiger partial charge in [0.15, 0.2) is 0 Å². The first-order valence-corrected chi connectivity index (χ1v) is 8.00. The fourth-order valence-electron chi connectivity index (χ4n) is 2.08. The van der Waals surface area contributed by atoms with Crippen LogP contribution in [-0.2, 0) is 0 Å². The second-order valence-electron chi connectivity index (χ2n) is 8.49. The predicted molar refractivity (Wildman–Crippen MR) is 102 cm³/mol. The van der Waals surface area contributed by atoms with Crippen molar-refractivity contribution in [1.29, 1.82) is 10.8 Å². The number of aliphatic imine (C=N–C) groups is 1. The lowest BCUT2D eigenvalue weighted by Gasteiger charge is -2.42. The summed E-state index contributed by atoms with van der Waals surface area (Å²) >= 11 is 0. The molecule has 0 aliphatic carbocycles. The van der Waals surface area contributed by atoms with Gasteiger partial charge in [0.25, 0.3) is 0 Å². The summed E-state index contributed by atoms with van der Waals surface area (Å²) in [5.41, 5.74) is 9.99. The second kappa shape index (κ2) is 5.79. The van der Waals surface area contributed by atoms with E-state index in [4.69, 9.17) is 22.3 Å². The highest BCUT2D eigenvalue weighted by Crippen LogP contribution is 2.42. The van der Waals surface area contributed by atoms with E-state index in [-0.39, 0.29) is 11.5 Å². The molecule has 7 nitrogen and oxygen atoms in total. The molecule has 0 spiro atoms. The minimum absolute atomic E-state index is 0.140. The van der Waals surface area contributed by atoms with Crippen molar-refractivity contribution in [2.24, 2.45) is 48.3 Å². The average molecular weight is 333 g/mol. The van der Waals surface area contributed by atoms with Crippen LogP contribution >= 0.6 is 0 Å². The largest absolute Gasteiger partial charge is 0.385 e. The fraction of sp³-hybridized carbons (Fsp3) is 0.706. The normalized spacial score (nSPS) is 30.3. The van der Waals surface area contributed by atoms with Crippen LogP contribution in [0.4, 0.5) is 0 Å². The number of amidine groups is 3. The van der Waals surface area contributed by atoms with Gasteiger partial charge in [-0.05, 0) is 0 Å². The minimum Gasteiger partial charge on any atom is -0.385 e. The molecule has 24 heavy (non-hydrogen) atoms. The van der Waals surface area contributed by atoms with Gasteiger partial charge in [0.2, 0.25) is 0 Å². The van der Waals surface area contributed by atoms with Gasteiger partial charge in [-0.15, -0.1) is 10.2 Å². The first-order valence-electron chi connectivity index (χ1n) is 8.00. The molecule has 0 atom stereocenters. The van der Waals surface area contributed by atoms with Crippen LogP contribution in [0.2, 0.25) is 0 Å². The van der Waals surface area contributed by atoms with Gasteiger partial charge in [-0.2, -0.15) is 0 Å². The summed E-state index contributed by atoms with van der Waals surface area (Å²) < 4.78 is 0. The molecule has 0 amide bonds. The molecule has 1 heterocycles. The van der Waals surface area contributed by atoms with Gasteiger partial charge in [0.05, 0.1) is 11.9 Å². The average Bonchev–Trinajstić information content (AvgIpc) is 2.47. The summed E-state index contributed by atoms with van der Waals surface area (Å²) in [6.07, 6.45) is 1.43. The number of hydrogen-bond donors (Lipinski definition) is 4. The Bertz CT molecular complexity index is 590. The molecule has 0 unspecified atom stereocenters. The Morgan fingerprint density at radius 2 is 1.08 bits per heavy atom. The Labute approximate surface area is 144 Å². The summed E-state index contributed by atoms with van der Waals surface area (Å²) in [6.45, 7) is 15.2. The van der Waals surface area contributed by atoms with E-state index in [1.54, 1.807) is 0 Å². The predicted octanol–water partition coefficient (Wildman–Crippen LogP) is 2.80. The van der Waals surface area contributed by atoms with Crippen molar-refractivity contribution < 1.29 is 0 Å². The molecule has 0 aromatic heterocycles. The van der Waals surface area contributed by atoms with E-state index in [9.17, 15) is 0 Å². The van der Waals surface area contributed by atoms with Crippen molar-refractivity contribution in [2.75, 3.05) is 0 Å². The lowest BCUT2D eigenvalue weighted by molar-refractivity contribution is 0.277. The monoisotopic (exact) mass is 333 g/mol. The molecule has 0 radical (unpaired) electrons. The standard InChI is InChI=1S/C17H31N7/c1-14(2)10(18)9-22-11(19)15(3,4)17(7,8)13(21)24-23-12(20)16(14,5)6/h9,18-19H,1-8H3,(H2,20,23)(H2,21,24). The smallest absolute Gasteiger partial charge is 0.129 e. The van der Waals surface area contributed by atoms with E-state index in [2.05, 4.69) is 15.2 Å².